The summed E-state index contributed by atoms with van der Waals surface area (Å²) in [6.45, 7) is 4.64. The van der Waals surface area contributed by atoms with E-state index in [-0.39, 0.29) is 11.7 Å². The molecule has 0 spiro atoms. The van der Waals surface area contributed by atoms with Gasteiger partial charge in [0.05, 0.1) is 18.4 Å². The van der Waals surface area contributed by atoms with Crippen LogP contribution in [0.5, 0.6) is 0 Å². The number of carbonyl (C=O) groups is 3. The molecule has 0 heterocycles. The van der Waals surface area contributed by atoms with Gasteiger partial charge in [-0.25, -0.2) is 4.79 Å². The van der Waals surface area contributed by atoms with Gasteiger partial charge in [-0.2, -0.15) is 0 Å². The zero-order valence-corrected chi connectivity index (χ0v) is 11.5. The Kier molecular flexibility index (Phi) is 4.80. The maximum absolute atomic E-state index is 11.7. The first-order valence-electron chi connectivity index (χ1n) is 5.94. The number of Topliss-reactive ketones (excluding diaryl/α,β-unsaturated/α-hetero) is 1. The average Bonchev–Trinajstić information content (AvgIpc) is 2.36. The van der Waals surface area contributed by atoms with Crippen molar-refractivity contribution in [3.05, 3.63) is 28.8 Å². The van der Waals surface area contributed by atoms with Gasteiger partial charge in [0.15, 0.2) is 5.78 Å². The predicted molar refractivity (Wildman–Crippen MR) is 71.5 cm³/mol. The van der Waals surface area contributed by atoms with Crippen molar-refractivity contribution in [2.45, 2.75) is 27.2 Å². The van der Waals surface area contributed by atoms with Crippen molar-refractivity contribution in [3.8, 4) is 0 Å². The number of nitrogens with one attached hydrogen (secondary N) is 1. The molecule has 0 saturated carbocycles. The smallest absolute Gasteiger partial charge is 0.337 e. The van der Waals surface area contributed by atoms with E-state index in [0.717, 1.165) is 5.56 Å². The van der Waals surface area contributed by atoms with Crippen molar-refractivity contribution in [1.29, 1.82) is 0 Å². The van der Waals surface area contributed by atoms with E-state index in [1.54, 1.807) is 6.07 Å². The molecule has 0 bridgehead atoms. The third-order valence-electron chi connectivity index (χ3n) is 2.70. The third-order valence-corrected chi connectivity index (χ3v) is 2.70. The number of amides is 1. The maximum Gasteiger partial charge on any atom is 0.337 e. The van der Waals surface area contributed by atoms with E-state index in [4.69, 9.17) is 0 Å². The highest BCUT2D eigenvalue weighted by Gasteiger charge is 2.17. The maximum atomic E-state index is 11.7. The summed E-state index contributed by atoms with van der Waals surface area (Å²) in [4.78, 5) is 34.5. The van der Waals surface area contributed by atoms with E-state index in [1.165, 1.54) is 27.0 Å². The lowest BCUT2D eigenvalue weighted by Crippen LogP contribution is -2.14. The van der Waals surface area contributed by atoms with E-state index in [2.05, 4.69) is 10.1 Å². The lowest BCUT2D eigenvalue weighted by Gasteiger charge is -2.14. The summed E-state index contributed by atoms with van der Waals surface area (Å²) in [5.41, 5.74) is 1.81. The molecule has 5 heteroatoms. The van der Waals surface area contributed by atoms with Crippen LogP contribution in [0.25, 0.3) is 0 Å². The number of hydrogen-bond donors (Lipinski definition) is 1. The first-order chi connectivity index (χ1) is 8.90. The molecule has 1 aromatic rings. The van der Waals surface area contributed by atoms with Gasteiger partial charge in [-0.1, -0.05) is 6.92 Å². The van der Waals surface area contributed by atoms with E-state index in [9.17, 15) is 14.4 Å². The molecule has 0 aromatic heterocycles. The van der Waals surface area contributed by atoms with Crippen LogP contribution < -0.4 is 5.32 Å². The number of hydrogen-bond acceptors (Lipinski definition) is 4. The molecule has 1 rings (SSSR count). The quantitative estimate of drug-likeness (QED) is 0.667. The first kappa shape index (κ1) is 14.9. The van der Waals surface area contributed by atoms with Crippen LogP contribution >= 0.6 is 0 Å². The number of benzene rings is 1. The molecule has 0 unspecified atom stereocenters. The number of methoxy groups -OCH3 is 1. The number of aryl methyl sites for hydroxylation is 1. The van der Waals surface area contributed by atoms with E-state index >= 15 is 0 Å². The highest BCUT2D eigenvalue weighted by Crippen LogP contribution is 2.25. The van der Waals surface area contributed by atoms with Gasteiger partial charge in [0, 0.05) is 12.5 Å². The Balaban J connectivity index is 3.48. The molecule has 0 aliphatic rings. The number of anilines is 1. The zero-order valence-electron chi connectivity index (χ0n) is 11.5. The molecule has 0 atom stereocenters. The summed E-state index contributed by atoms with van der Waals surface area (Å²) < 4.78 is 4.65. The fourth-order valence-electron chi connectivity index (χ4n) is 1.82. The molecular weight excluding hydrogens is 246 g/mol. The topological polar surface area (TPSA) is 72.5 Å². The lowest BCUT2D eigenvalue weighted by molar-refractivity contribution is -0.114. The normalized spacial score (nSPS) is 9.89. The van der Waals surface area contributed by atoms with Crippen molar-refractivity contribution in [3.63, 3.8) is 0 Å². The molecule has 19 heavy (non-hydrogen) atoms. The molecule has 0 aliphatic carbocycles. The molecule has 102 valence electrons. The minimum absolute atomic E-state index is 0.218. The lowest BCUT2D eigenvalue weighted by atomic mass is 9.98. The Morgan fingerprint density at radius 2 is 1.84 bits per heavy atom. The largest absolute Gasteiger partial charge is 0.465 e. The van der Waals surface area contributed by atoms with Gasteiger partial charge in [-0.3, -0.25) is 9.59 Å². The number of esters is 1. The Morgan fingerprint density at radius 3 is 2.26 bits per heavy atom. The van der Waals surface area contributed by atoms with E-state index in [1.807, 2.05) is 6.92 Å². The van der Waals surface area contributed by atoms with Crippen LogP contribution in [0.4, 0.5) is 5.69 Å². The highest BCUT2D eigenvalue weighted by atomic mass is 16.5. The Hall–Kier alpha value is -2.17. The molecule has 0 fully saturated rings. The van der Waals surface area contributed by atoms with Gasteiger partial charge in [0.25, 0.3) is 0 Å². The summed E-state index contributed by atoms with van der Waals surface area (Å²) >= 11 is 0. The molecule has 0 radical (unpaired) electrons. The predicted octanol–water partition coefficient (Wildman–Crippen LogP) is 2.20. The molecule has 1 N–H and O–H groups in total. The van der Waals surface area contributed by atoms with Gasteiger partial charge in [-0.15, -0.1) is 0 Å². The summed E-state index contributed by atoms with van der Waals surface area (Å²) in [5.74, 6) is -0.987. The first-order valence-corrected chi connectivity index (χ1v) is 5.94. The van der Waals surface area contributed by atoms with E-state index < -0.39 is 5.97 Å². The second-order valence-electron chi connectivity index (χ2n) is 4.14. The summed E-state index contributed by atoms with van der Waals surface area (Å²) in [6.07, 6.45) is 0.584. The number of rotatable bonds is 4. The van der Waals surface area contributed by atoms with Crippen LogP contribution in [0.15, 0.2) is 12.1 Å². The van der Waals surface area contributed by atoms with Gasteiger partial charge in [-0.05, 0) is 31.0 Å². The molecular formula is C14H17NO4. The fourth-order valence-corrected chi connectivity index (χ4v) is 1.82. The molecule has 0 saturated heterocycles. The van der Waals surface area contributed by atoms with Crippen LogP contribution in [0.1, 0.15) is 47.1 Å². The standard InChI is InChI=1S/C14H17NO4/c1-5-10-6-11(14(18)19-4)7-12(8(2)16)13(10)15-9(3)17/h6-7H,5H2,1-4H3,(H,15,17). The average molecular weight is 263 g/mol. The van der Waals surface area contributed by atoms with Crippen LogP contribution in [-0.4, -0.2) is 24.8 Å². The Labute approximate surface area is 111 Å². The highest BCUT2D eigenvalue weighted by molar-refractivity contribution is 6.06. The van der Waals surface area contributed by atoms with Gasteiger partial charge < -0.3 is 10.1 Å². The van der Waals surface area contributed by atoms with Gasteiger partial charge in [0.2, 0.25) is 5.91 Å². The van der Waals surface area contributed by atoms with Gasteiger partial charge >= 0.3 is 5.97 Å². The third kappa shape index (κ3) is 3.40. The Morgan fingerprint density at radius 1 is 1.21 bits per heavy atom. The van der Waals surface area contributed by atoms with Crippen LogP contribution in [-0.2, 0) is 16.0 Å². The minimum atomic E-state index is -0.508. The second-order valence-corrected chi connectivity index (χ2v) is 4.14. The SMILES string of the molecule is CCc1cc(C(=O)OC)cc(C(C)=O)c1NC(C)=O. The molecule has 1 aromatic carbocycles. The van der Waals surface area contributed by atoms with Crippen molar-refractivity contribution in [1.82, 2.24) is 0 Å². The fraction of sp³-hybridized carbons (Fsp3) is 0.357. The zero-order chi connectivity index (χ0) is 14.6. The van der Waals surface area contributed by atoms with Crippen LogP contribution in [0, 0.1) is 0 Å². The van der Waals surface area contributed by atoms with Gasteiger partial charge in [0.1, 0.15) is 0 Å². The molecule has 1 amide bonds. The Bertz CT molecular complexity index is 534. The number of ether oxygens (including phenoxy) is 1. The summed E-state index contributed by atoms with van der Waals surface area (Å²) in [5, 5.41) is 2.65. The van der Waals surface area contributed by atoms with Crippen molar-refractivity contribution >= 4 is 23.3 Å². The minimum Gasteiger partial charge on any atom is -0.465 e. The second kappa shape index (κ2) is 6.13. The van der Waals surface area contributed by atoms with Crippen LogP contribution in [0.3, 0.4) is 0 Å². The summed E-state index contributed by atoms with van der Waals surface area (Å²) in [7, 11) is 1.28. The number of ketones is 1. The van der Waals surface area contributed by atoms with Crippen molar-refractivity contribution in [2.75, 3.05) is 12.4 Å². The molecule has 0 aliphatic heterocycles. The molecule has 5 nitrogen and oxygen atoms in total. The van der Waals surface area contributed by atoms with Crippen molar-refractivity contribution in [2.24, 2.45) is 0 Å². The van der Waals surface area contributed by atoms with Crippen LogP contribution in [0.2, 0.25) is 0 Å². The summed E-state index contributed by atoms with van der Waals surface area (Å²) in [6, 6.07) is 3.07. The number of carbonyl (C=O) groups excluding carboxylic acids is 3. The monoisotopic (exact) mass is 263 g/mol. The van der Waals surface area contributed by atoms with Crippen molar-refractivity contribution < 1.29 is 19.1 Å². The van der Waals surface area contributed by atoms with E-state index in [0.29, 0.717) is 23.2 Å².